The maximum atomic E-state index is 13.7. The molecule has 3 amide bonds. The number of allylic oxidation sites excluding steroid dienone is 2. The van der Waals surface area contributed by atoms with E-state index in [0.29, 0.717) is 6.42 Å². The van der Waals surface area contributed by atoms with Crippen molar-refractivity contribution in [1.29, 1.82) is 0 Å². The monoisotopic (exact) mass is 580 g/mol. The second-order valence-electron chi connectivity index (χ2n) is 9.44. The summed E-state index contributed by atoms with van der Waals surface area (Å²) in [7, 11) is 0. The summed E-state index contributed by atoms with van der Waals surface area (Å²) in [5.74, 6) is -4.52. The molecule has 1 aliphatic carbocycles. The Kier molecular flexibility index (Phi) is 7.60. The SMILES string of the molecule is C[C@@H]1C=CC[C@H]2C(=O)N(N(CC(=O)c3ccc(OC(=O)c4ccco4)cc3)C(=O)c3ccc(Cl)cc3Cl)C(=O)[C@@H]12. The van der Waals surface area contributed by atoms with Crippen LogP contribution in [0.4, 0.5) is 0 Å². The molecule has 3 aromatic rings. The second kappa shape index (κ2) is 11.1. The van der Waals surface area contributed by atoms with E-state index in [4.69, 9.17) is 32.4 Å². The van der Waals surface area contributed by atoms with Gasteiger partial charge in [-0.1, -0.05) is 42.3 Å². The van der Waals surface area contributed by atoms with Crippen LogP contribution in [0.25, 0.3) is 0 Å². The van der Waals surface area contributed by atoms with Crippen LogP contribution in [0.1, 0.15) is 44.6 Å². The van der Waals surface area contributed by atoms with Gasteiger partial charge in [0.15, 0.2) is 5.78 Å². The number of esters is 1. The highest BCUT2D eigenvalue weighted by atomic mass is 35.5. The summed E-state index contributed by atoms with van der Waals surface area (Å²) in [5.41, 5.74) is 0.130. The number of nitrogens with zero attached hydrogens (tertiary/aromatic N) is 2. The molecule has 1 fully saturated rings. The van der Waals surface area contributed by atoms with Crippen LogP contribution in [0.5, 0.6) is 5.75 Å². The third-order valence-electron chi connectivity index (χ3n) is 6.89. The number of amides is 3. The zero-order valence-electron chi connectivity index (χ0n) is 21.1. The smallest absolute Gasteiger partial charge is 0.379 e. The normalized spacial score (nSPS) is 19.9. The number of benzene rings is 2. The lowest BCUT2D eigenvalue weighted by Gasteiger charge is -2.30. The predicted octanol–water partition coefficient (Wildman–Crippen LogP) is 5.24. The van der Waals surface area contributed by atoms with Crippen LogP contribution >= 0.6 is 23.2 Å². The van der Waals surface area contributed by atoms with E-state index in [1.807, 2.05) is 19.1 Å². The van der Waals surface area contributed by atoms with Gasteiger partial charge in [0.2, 0.25) is 5.76 Å². The van der Waals surface area contributed by atoms with Crippen LogP contribution in [0.2, 0.25) is 10.0 Å². The van der Waals surface area contributed by atoms with Gasteiger partial charge >= 0.3 is 5.97 Å². The van der Waals surface area contributed by atoms with Crippen LogP contribution in [0.3, 0.4) is 0 Å². The molecule has 11 heteroatoms. The first-order valence-corrected chi connectivity index (χ1v) is 13.1. The highest BCUT2D eigenvalue weighted by Gasteiger charge is 2.53. The van der Waals surface area contributed by atoms with E-state index in [1.54, 1.807) is 6.07 Å². The topological polar surface area (TPSA) is 114 Å². The summed E-state index contributed by atoms with van der Waals surface area (Å²) < 4.78 is 10.2. The van der Waals surface area contributed by atoms with E-state index >= 15 is 0 Å². The zero-order chi connectivity index (χ0) is 28.6. The number of carbonyl (C=O) groups is 5. The van der Waals surface area contributed by atoms with Crippen LogP contribution < -0.4 is 4.74 Å². The Balaban J connectivity index is 1.42. The van der Waals surface area contributed by atoms with E-state index in [9.17, 15) is 24.0 Å². The molecular weight excluding hydrogens is 559 g/mol. The average molecular weight is 581 g/mol. The fraction of sp³-hybridized carbons (Fsp3) is 0.207. The number of ketones is 1. The number of hydrogen-bond acceptors (Lipinski definition) is 7. The summed E-state index contributed by atoms with van der Waals surface area (Å²) in [6.07, 6.45) is 5.40. The Morgan fingerprint density at radius 3 is 2.45 bits per heavy atom. The first kappa shape index (κ1) is 27.4. The molecule has 1 aromatic heterocycles. The number of Topliss-reactive ketones (excluding diaryl/α,β-unsaturated/α-hetero) is 1. The first-order valence-electron chi connectivity index (χ1n) is 12.4. The molecule has 9 nitrogen and oxygen atoms in total. The summed E-state index contributed by atoms with van der Waals surface area (Å²) in [6.45, 7) is 1.21. The molecule has 2 aliphatic rings. The lowest BCUT2D eigenvalue weighted by Crippen LogP contribution is -2.52. The minimum absolute atomic E-state index is 0.00391. The van der Waals surface area contributed by atoms with Gasteiger partial charge in [-0.3, -0.25) is 19.2 Å². The minimum Gasteiger partial charge on any atom is -0.457 e. The number of fused-ring (bicyclic) bond motifs is 1. The lowest BCUT2D eigenvalue weighted by molar-refractivity contribution is -0.154. The molecule has 0 unspecified atom stereocenters. The summed E-state index contributed by atoms with van der Waals surface area (Å²) in [4.78, 5) is 66.1. The molecule has 204 valence electrons. The Bertz CT molecular complexity index is 1530. The van der Waals surface area contributed by atoms with Crippen molar-refractivity contribution in [2.75, 3.05) is 6.54 Å². The van der Waals surface area contributed by atoms with Crippen molar-refractivity contribution in [3.05, 3.63) is 99.9 Å². The number of halogens is 2. The van der Waals surface area contributed by atoms with Crippen molar-refractivity contribution in [2.24, 2.45) is 17.8 Å². The quantitative estimate of drug-likeness (QED) is 0.123. The van der Waals surface area contributed by atoms with Gasteiger partial charge in [0.1, 0.15) is 12.3 Å². The van der Waals surface area contributed by atoms with Crippen LogP contribution in [0.15, 0.2) is 77.4 Å². The molecular formula is C29H22Cl2N2O7. The zero-order valence-corrected chi connectivity index (χ0v) is 22.6. The van der Waals surface area contributed by atoms with E-state index in [-0.39, 0.29) is 38.6 Å². The van der Waals surface area contributed by atoms with Gasteiger partial charge in [0.25, 0.3) is 17.7 Å². The predicted molar refractivity (Wildman–Crippen MR) is 144 cm³/mol. The maximum Gasteiger partial charge on any atom is 0.379 e. The van der Waals surface area contributed by atoms with Gasteiger partial charge in [-0.2, -0.15) is 5.01 Å². The third-order valence-corrected chi connectivity index (χ3v) is 7.44. The number of carbonyl (C=O) groups excluding carboxylic acids is 5. The van der Waals surface area contributed by atoms with Gasteiger partial charge in [0.05, 0.1) is 28.7 Å². The van der Waals surface area contributed by atoms with Gasteiger partial charge in [-0.15, -0.1) is 0 Å². The molecule has 0 radical (unpaired) electrons. The van der Waals surface area contributed by atoms with Crippen molar-refractivity contribution >= 4 is 52.7 Å². The Hall–Kier alpha value is -4.21. The minimum atomic E-state index is -0.806. The number of furan rings is 1. The molecule has 0 N–H and O–H groups in total. The summed E-state index contributed by atoms with van der Waals surface area (Å²) in [6, 6.07) is 12.8. The lowest BCUT2D eigenvalue weighted by atomic mass is 9.78. The van der Waals surface area contributed by atoms with Gasteiger partial charge in [-0.25, -0.2) is 9.80 Å². The highest BCUT2D eigenvalue weighted by Crippen LogP contribution is 2.39. The van der Waals surface area contributed by atoms with Gasteiger partial charge in [0, 0.05) is 10.6 Å². The Morgan fingerprint density at radius 1 is 1.05 bits per heavy atom. The standard InChI is InChI=1S/C29H22Cl2N2O7/c1-16-4-2-5-21-25(16)28(37)33(27(21)36)32(26(35)20-12-9-18(30)14-22(20)31)15-23(34)17-7-10-19(11-8-17)40-29(38)24-6-3-13-39-24/h2-4,6-14,16,21,25H,5,15H2,1H3/t16-,21-,25+/m1/s1. The summed E-state index contributed by atoms with van der Waals surface area (Å²) in [5, 5.41) is 1.92. The largest absolute Gasteiger partial charge is 0.457 e. The molecule has 0 spiro atoms. The molecule has 0 bridgehead atoms. The van der Waals surface area contributed by atoms with E-state index in [2.05, 4.69) is 0 Å². The molecule has 2 heterocycles. The second-order valence-corrected chi connectivity index (χ2v) is 10.3. The first-order chi connectivity index (χ1) is 19.2. The van der Waals surface area contributed by atoms with E-state index in [0.717, 1.165) is 10.0 Å². The van der Waals surface area contributed by atoms with Crippen LogP contribution in [-0.2, 0) is 9.59 Å². The number of hydrogen-bond donors (Lipinski definition) is 0. The highest BCUT2D eigenvalue weighted by molar-refractivity contribution is 6.36. The molecule has 3 atom stereocenters. The third kappa shape index (κ3) is 5.17. The van der Waals surface area contributed by atoms with Gasteiger partial charge in [-0.05, 0) is 66.9 Å². The van der Waals surface area contributed by atoms with Crippen molar-refractivity contribution < 1.29 is 33.1 Å². The molecule has 1 aliphatic heterocycles. The van der Waals surface area contributed by atoms with Crippen LogP contribution in [-0.4, -0.2) is 46.0 Å². The fourth-order valence-corrected chi connectivity index (χ4v) is 5.38. The number of imide groups is 1. The Morgan fingerprint density at radius 2 is 1.80 bits per heavy atom. The van der Waals surface area contributed by atoms with E-state index in [1.165, 1.54) is 54.8 Å². The number of hydrazine groups is 1. The molecule has 2 aromatic carbocycles. The molecule has 5 rings (SSSR count). The molecule has 0 saturated carbocycles. The average Bonchev–Trinajstić information content (AvgIpc) is 3.55. The molecule has 1 saturated heterocycles. The van der Waals surface area contributed by atoms with E-state index < -0.39 is 47.9 Å². The fourth-order valence-electron chi connectivity index (χ4n) is 4.89. The number of rotatable bonds is 7. The van der Waals surface area contributed by atoms with Crippen LogP contribution in [0, 0.1) is 17.8 Å². The van der Waals surface area contributed by atoms with Crippen molar-refractivity contribution in [3.8, 4) is 5.75 Å². The van der Waals surface area contributed by atoms with Crippen molar-refractivity contribution in [3.63, 3.8) is 0 Å². The number of ether oxygens (including phenoxy) is 1. The maximum absolute atomic E-state index is 13.7. The Labute approximate surface area is 238 Å². The van der Waals surface area contributed by atoms with Crippen molar-refractivity contribution in [1.82, 2.24) is 10.0 Å². The van der Waals surface area contributed by atoms with Gasteiger partial charge < -0.3 is 9.15 Å². The summed E-state index contributed by atoms with van der Waals surface area (Å²) >= 11 is 12.3. The van der Waals surface area contributed by atoms with Crippen molar-refractivity contribution in [2.45, 2.75) is 13.3 Å². The molecule has 40 heavy (non-hydrogen) atoms.